The van der Waals surface area contributed by atoms with Crippen LogP contribution in [0.3, 0.4) is 0 Å². The van der Waals surface area contributed by atoms with Crippen LogP contribution in [0.2, 0.25) is 0 Å². The molecule has 0 saturated heterocycles. The number of benzene rings is 1. The minimum atomic E-state index is -0.964. The lowest BCUT2D eigenvalue weighted by Crippen LogP contribution is -2.51. The highest BCUT2D eigenvalue weighted by Gasteiger charge is 2.33. The molecule has 8 nitrogen and oxygen atoms in total. The molecule has 0 saturated carbocycles. The highest BCUT2D eigenvalue weighted by molar-refractivity contribution is 5.95. The quantitative estimate of drug-likeness (QED) is 0.742. The van der Waals surface area contributed by atoms with Crippen LogP contribution in [0, 0.1) is 12.8 Å². The van der Waals surface area contributed by atoms with E-state index in [0.29, 0.717) is 23.0 Å². The van der Waals surface area contributed by atoms with E-state index in [2.05, 4.69) is 15.5 Å². The van der Waals surface area contributed by atoms with E-state index in [-0.39, 0.29) is 24.9 Å². The topological polar surface area (TPSA) is 115 Å². The summed E-state index contributed by atoms with van der Waals surface area (Å²) < 4.78 is 10.4. The molecule has 2 aromatic rings. The van der Waals surface area contributed by atoms with Gasteiger partial charge in [0.15, 0.2) is 6.61 Å². The molecule has 2 rings (SSSR count). The molecule has 1 aromatic carbocycles. The van der Waals surface area contributed by atoms with Crippen molar-refractivity contribution in [3.63, 3.8) is 0 Å². The number of aliphatic carboxylic acids is 1. The van der Waals surface area contributed by atoms with E-state index in [1.165, 1.54) is 0 Å². The number of aromatic nitrogens is 2. The molecule has 0 aliphatic carbocycles. The zero-order valence-corrected chi connectivity index (χ0v) is 15.3. The van der Waals surface area contributed by atoms with E-state index < -0.39 is 11.5 Å². The summed E-state index contributed by atoms with van der Waals surface area (Å²) in [6.07, 6.45) is -0.163. The second-order valence-corrected chi connectivity index (χ2v) is 6.64. The Hall–Kier alpha value is -2.90. The number of hydrogen-bond acceptors (Lipinski definition) is 6. The number of amides is 1. The van der Waals surface area contributed by atoms with Crippen LogP contribution < -0.4 is 10.1 Å². The van der Waals surface area contributed by atoms with Gasteiger partial charge in [0, 0.05) is 12.5 Å². The summed E-state index contributed by atoms with van der Waals surface area (Å²) >= 11 is 0. The second-order valence-electron chi connectivity index (χ2n) is 6.64. The summed E-state index contributed by atoms with van der Waals surface area (Å²) in [4.78, 5) is 27.7. The van der Waals surface area contributed by atoms with Gasteiger partial charge in [-0.1, -0.05) is 25.1 Å². The molecule has 0 fully saturated rings. The number of nitrogens with zero attached hydrogens (tertiary/aromatic N) is 2. The Morgan fingerprint density at radius 3 is 2.69 bits per heavy atom. The van der Waals surface area contributed by atoms with E-state index in [4.69, 9.17) is 14.4 Å². The molecule has 0 aliphatic rings. The fourth-order valence-electron chi connectivity index (χ4n) is 2.31. The number of hydrogen-bond donors (Lipinski definition) is 2. The Balaban J connectivity index is 2.07. The highest BCUT2D eigenvalue weighted by Crippen LogP contribution is 2.22. The third-order valence-electron chi connectivity index (χ3n) is 4.23. The Morgan fingerprint density at radius 2 is 2.12 bits per heavy atom. The minimum Gasteiger partial charge on any atom is -0.485 e. The molecule has 1 aromatic heterocycles. The molecular weight excluding hydrogens is 338 g/mol. The number of rotatable bonds is 8. The van der Waals surface area contributed by atoms with Crippen LogP contribution in [0.5, 0.6) is 5.75 Å². The molecule has 0 bridgehead atoms. The average Bonchev–Trinajstić information content (AvgIpc) is 2.97. The van der Waals surface area contributed by atoms with Crippen LogP contribution in [0.15, 0.2) is 28.8 Å². The summed E-state index contributed by atoms with van der Waals surface area (Å²) in [6, 6.07) is 6.63. The second kappa shape index (κ2) is 7.99. The number of aryl methyl sites for hydroxylation is 1. The number of carboxylic acid groups (broad SMARTS) is 1. The van der Waals surface area contributed by atoms with Crippen LogP contribution in [0.1, 0.15) is 49.3 Å². The molecule has 2 N–H and O–H groups in total. The fourth-order valence-corrected chi connectivity index (χ4v) is 2.31. The largest absolute Gasteiger partial charge is 0.485 e. The summed E-state index contributed by atoms with van der Waals surface area (Å²) in [5.41, 5.74) is -0.480. The van der Waals surface area contributed by atoms with Crippen LogP contribution in [0.4, 0.5) is 0 Å². The zero-order valence-electron chi connectivity index (χ0n) is 15.3. The number of ether oxygens (including phenoxy) is 1. The Labute approximate surface area is 151 Å². The third-order valence-corrected chi connectivity index (χ3v) is 4.23. The van der Waals surface area contributed by atoms with Gasteiger partial charge in [0.1, 0.15) is 5.75 Å². The van der Waals surface area contributed by atoms with Gasteiger partial charge in [-0.3, -0.25) is 9.59 Å². The maximum absolute atomic E-state index is 12.6. The van der Waals surface area contributed by atoms with Crippen molar-refractivity contribution in [1.29, 1.82) is 0 Å². The van der Waals surface area contributed by atoms with Crippen LogP contribution >= 0.6 is 0 Å². The van der Waals surface area contributed by atoms with Gasteiger partial charge in [-0.2, -0.15) is 4.98 Å². The van der Waals surface area contributed by atoms with E-state index in [0.717, 1.165) is 0 Å². The first-order valence-electron chi connectivity index (χ1n) is 8.26. The number of carboxylic acids is 1. The molecule has 1 unspecified atom stereocenters. The third kappa shape index (κ3) is 5.05. The molecule has 1 heterocycles. The highest BCUT2D eigenvalue weighted by atomic mass is 16.5. The maximum atomic E-state index is 12.6. The van der Waals surface area contributed by atoms with Crippen molar-refractivity contribution >= 4 is 11.9 Å². The maximum Gasteiger partial charge on any atom is 0.305 e. The van der Waals surface area contributed by atoms with Gasteiger partial charge in [0.05, 0.1) is 12.0 Å². The standard InChI is InChI=1S/C18H23N3O5/c1-11(2)18(4,9-16(22)23)20-17(24)13-6-5-7-14(8-13)25-10-15-19-12(3)26-21-15/h5-8,11H,9-10H2,1-4H3,(H,20,24)(H,22,23). The average molecular weight is 361 g/mol. The molecule has 0 spiro atoms. The van der Waals surface area contributed by atoms with Crippen LogP contribution in [0.25, 0.3) is 0 Å². The first kappa shape index (κ1) is 19.4. The van der Waals surface area contributed by atoms with Crippen LogP contribution in [-0.4, -0.2) is 32.7 Å². The summed E-state index contributed by atoms with van der Waals surface area (Å²) in [7, 11) is 0. The molecule has 0 aliphatic heterocycles. The van der Waals surface area contributed by atoms with E-state index in [9.17, 15) is 9.59 Å². The number of nitrogens with one attached hydrogen (secondary N) is 1. The van der Waals surface area contributed by atoms with Gasteiger partial charge in [-0.25, -0.2) is 0 Å². The SMILES string of the molecule is Cc1nc(COc2cccc(C(=O)NC(C)(CC(=O)O)C(C)C)c2)no1. The molecule has 26 heavy (non-hydrogen) atoms. The van der Waals surface area contributed by atoms with Gasteiger partial charge in [-0.05, 0) is 31.0 Å². The Bertz CT molecular complexity index is 787. The van der Waals surface area contributed by atoms with Crippen molar-refractivity contribution in [2.45, 2.75) is 46.3 Å². The number of carbonyl (C=O) groups excluding carboxylic acids is 1. The lowest BCUT2D eigenvalue weighted by atomic mass is 9.85. The minimum absolute atomic E-state index is 0.0523. The first-order valence-corrected chi connectivity index (χ1v) is 8.26. The Morgan fingerprint density at radius 1 is 1.38 bits per heavy atom. The molecule has 0 radical (unpaired) electrons. The smallest absolute Gasteiger partial charge is 0.305 e. The van der Waals surface area contributed by atoms with Crippen molar-refractivity contribution in [2.75, 3.05) is 0 Å². The van der Waals surface area contributed by atoms with Gasteiger partial charge < -0.3 is 19.7 Å². The van der Waals surface area contributed by atoms with Crippen molar-refractivity contribution in [2.24, 2.45) is 5.92 Å². The van der Waals surface area contributed by atoms with Gasteiger partial charge in [-0.15, -0.1) is 0 Å². The van der Waals surface area contributed by atoms with Crippen LogP contribution in [-0.2, 0) is 11.4 Å². The van der Waals surface area contributed by atoms with Gasteiger partial charge in [0.2, 0.25) is 11.7 Å². The number of carbonyl (C=O) groups is 2. The van der Waals surface area contributed by atoms with Gasteiger partial charge in [0.25, 0.3) is 5.91 Å². The lowest BCUT2D eigenvalue weighted by molar-refractivity contribution is -0.138. The summed E-state index contributed by atoms with van der Waals surface area (Å²) in [5, 5.41) is 15.7. The van der Waals surface area contributed by atoms with Crippen molar-refractivity contribution in [3.05, 3.63) is 41.5 Å². The predicted octanol–water partition coefficient (Wildman–Crippen LogP) is 2.58. The van der Waals surface area contributed by atoms with E-state index in [1.807, 2.05) is 13.8 Å². The normalized spacial score (nSPS) is 13.3. The molecular formula is C18H23N3O5. The summed E-state index contributed by atoms with van der Waals surface area (Å²) in [6.45, 7) is 7.27. The van der Waals surface area contributed by atoms with E-state index in [1.54, 1.807) is 38.1 Å². The van der Waals surface area contributed by atoms with Crippen molar-refractivity contribution in [1.82, 2.24) is 15.5 Å². The zero-order chi connectivity index (χ0) is 19.3. The van der Waals surface area contributed by atoms with Crippen molar-refractivity contribution < 1.29 is 24.0 Å². The van der Waals surface area contributed by atoms with Gasteiger partial charge >= 0.3 is 5.97 Å². The molecule has 1 amide bonds. The first-order chi connectivity index (χ1) is 12.2. The van der Waals surface area contributed by atoms with E-state index >= 15 is 0 Å². The molecule has 8 heteroatoms. The molecule has 140 valence electrons. The monoisotopic (exact) mass is 361 g/mol. The summed E-state index contributed by atoms with van der Waals surface area (Å²) in [5.74, 6) is -0.0420. The Kier molecular flexibility index (Phi) is 5.97. The predicted molar refractivity (Wildman–Crippen MR) is 92.8 cm³/mol. The fraction of sp³-hybridized carbons (Fsp3) is 0.444. The van der Waals surface area contributed by atoms with Crippen molar-refractivity contribution in [3.8, 4) is 5.75 Å². The molecule has 1 atom stereocenters. The lowest BCUT2D eigenvalue weighted by Gasteiger charge is -2.33.